The number of ether oxygens (including phenoxy) is 1. The summed E-state index contributed by atoms with van der Waals surface area (Å²) >= 11 is 0. The lowest BCUT2D eigenvalue weighted by atomic mass is 9.96. The lowest BCUT2D eigenvalue weighted by Gasteiger charge is -2.25. The first-order valence-corrected chi connectivity index (χ1v) is 7.45. The minimum atomic E-state index is -0.00241. The Kier molecular flexibility index (Phi) is 6.12. The number of aliphatic imine (C=N–C) groups is 1. The van der Waals surface area contributed by atoms with Crippen molar-refractivity contribution in [2.24, 2.45) is 4.99 Å². The number of guanidine groups is 1. The van der Waals surface area contributed by atoms with E-state index in [2.05, 4.69) is 55.5 Å². The van der Waals surface area contributed by atoms with Crippen LogP contribution in [0.25, 0.3) is 0 Å². The smallest absolute Gasteiger partial charge is 0.191 e. The van der Waals surface area contributed by atoms with Crippen LogP contribution in [0.1, 0.15) is 39.7 Å². The van der Waals surface area contributed by atoms with E-state index >= 15 is 0 Å². The SMILES string of the molecule is CN=C(NC1CC1(C)c1ccccc1OC)NC(C)(C)C.I. The Bertz CT molecular complexity index is 539. The molecule has 0 saturated heterocycles. The van der Waals surface area contributed by atoms with Gasteiger partial charge in [0, 0.05) is 29.6 Å². The second-order valence-electron chi connectivity index (χ2n) is 6.97. The van der Waals surface area contributed by atoms with E-state index in [1.807, 2.05) is 19.2 Å². The van der Waals surface area contributed by atoms with Crippen molar-refractivity contribution < 1.29 is 4.74 Å². The fourth-order valence-corrected chi connectivity index (χ4v) is 2.67. The molecule has 2 unspecified atom stereocenters. The third-order valence-electron chi connectivity index (χ3n) is 3.99. The Morgan fingerprint density at radius 2 is 1.95 bits per heavy atom. The van der Waals surface area contributed by atoms with Gasteiger partial charge in [0.15, 0.2) is 5.96 Å². The first-order valence-electron chi connectivity index (χ1n) is 7.45. The second kappa shape index (κ2) is 7.06. The van der Waals surface area contributed by atoms with Gasteiger partial charge in [-0.05, 0) is 33.3 Å². The van der Waals surface area contributed by atoms with Gasteiger partial charge in [0.2, 0.25) is 0 Å². The molecule has 5 heteroatoms. The normalized spacial score (nSPS) is 24.3. The van der Waals surface area contributed by atoms with Crippen molar-refractivity contribution in [1.29, 1.82) is 0 Å². The van der Waals surface area contributed by atoms with E-state index < -0.39 is 0 Å². The van der Waals surface area contributed by atoms with Crippen LogP contribution in [-0.4, -0.2) is 31.7 Å². The van der Waals surface area contributed by atoms with E-state index in [0.29, 0.717) is 6.04 Å². The highest BCUT2D eigenvalue weighted by atomic mass is 127. The molecule has 0 radical (unpaired) electrons. The number of benzene rings is 1. The summed E-state index contributed by atoms with van der Waals surface area (Å²) in [6, 6.07) is 8.64. The Labute approximate surface area is 151 Å². The van der Waals surface area contributed by atoms with E-state index in [4.69, 9.17) is 4.74 Å². The molecule has 0 heterocycles. The predicted octanol–water partition coefficient (Wildman–Crippen LogP) is 3.31. The van der Waals surface area contributed by atoms with Crippen molar-refractivity contribution in [2.75, 3.05) is 14.2 Å². The Hall–Kier alpha value is -0.980. The molecular formula is C17H28IN3O. The predicted molar refractivity (Wildman–Crippen MR) is 104 cm³/mol. The molecule has 1 aromatic carbocycles. The molecule has 0 amide bonds. The number of halogens is 1. The number of para-hydroxylation sites is 1. The van der Waals surface area contributed by atoms with Gasteiger partial charge >= 0.3 is 0 Å². The molecule has 1 aromatic rings. The summed E-state index contributed by atoms with van der Waals surface area (Å²) in [4.78, 5) is 4.32. The molecule has 2 rings (SSSR count). The molecule has 1 fully saturated rings. The highest BCUT2D eigenvalue weighted by molar-refractivity contribution is 14.0. The summed E-state index contributed by atoms with van der Waals surface area (Å²) in [7, 11) is 3.54. The van der Waals surface area contributed by atoms with Crippen LogP contribution in [-0.2, 0) is 5.41 Å². The Morgan fingerprint density at radius 1 is 1.32 bits per heavy atom. The summed E-state index contributed by atoms with van der Waals surface area (Å²) in [6.45, 7) is 8.66. The molecule has 22 heavy (non-hydrogen) atoms. The summed E-state index contributed by atoms with van der Waals surface area (Å²) in [5, 5.41) is 6.92. The maximum Gasteiger partial charge on any atom is 0.191 e. The lowest BCUT2D eigenvalue weighted by Crippen LogP contribution is -2.49. The zero-order chi connectivity index (χ0) is 15.7. The van der Waals surface area contributed by atoms with Gasteiger partial charge in [-0.3, -0.25) is 4.99 Å². The molecular weight excluding hydrogens is 389 g/mol. The largest absolute Gasteiger partial charge is 0.496 e. The van der Waals surface area contributed by atoms with Gasteiger partial charge in [-0.15, -0.1) is 24.0 Å². The zero-order valence-electron chi connectivity index (χ0n) is 14.4. The fraction of sp³-hybridized carbons (Fsp3) is 0.588. The van der Waals surface area contributed by atoms with E-state index in [-0.39, 0.29) is 34.9 Å². The molecule has 1 aliphatic rings. The van der Waals surface area contributed by atoms with Gasteiger partial charge in [0.05, 0.1) is 7.11 Å². The second-order valence-corrected chi connectivity index (χ2v) is 6.97. The van der Waals surface area contributed by atoms with Gasteiger partial charge in [-0.2, -0.15) is 0 Å². The van der Waals surface area contributed by atoms with Crippen molar-refractivity contribution in [3.05, 3.63) is 29.8 Å². The summed E-state index contributed by atoms with van der Waals surface area (Å²) in [5.41, 5.74) is 1.36. The molecule has 2 N–H and O–H groups in total. The quantitative estimate of drug-likeness (QED) is 0.451. The van der Waals surface area contributed by atoms with Gasteiger partial charge in [0.25, 0.3) is 0 Å². The van der Waals surface area contributed by atoms with Crippen LogP contribution in [0.5, 0.6) is 5.75 Å². The Balaban J connectivity index is 0.00000242. The van der Waals surface area contributed by atoms with Crippen LogP contribution < -0.4 is 15.4 Å². The Morgan fingerprint density at radius 3 is 2.50 bits per heavy atom. The van der Waals surface area contributed by atoms with Crippen LogP contribution >= 0.6 is 24.0 Å². The number of rotatable bonds is 3. The number of nitrogens with one attached hydrogen (secondary N) is 2. The maximum atomic E-state index is 5.50. The van der Waals surface area contributed by atoms with Crippen LogP contribution in [0, 0.1) is 0 Å². The van der Waals surface area contributed by atoms with Crippen molar-refractivity contribution in [3.63, 3.8) is 0 Å². The highest BCUT2D eigenvalue weighted by Gasteiger charge is 2.53. The first kappa shape index (κ1) is 19.1. The monoisotopic (exact) mass is 417 g/mol. The van der Waals surface area contributed by atoms with Crippen molar-refractivity contribution in [1.82, 2.24) is 10.6 Å². The molecule has 0 bridgehead atoms. The molecule has 4 nitrogen and oxygen atoms in total. The number of hydrogen-bond donors (Lipinski definition) is 2. The molecule has 1 saturated carbocycles. The molecule has 0 aliphatic heterocycles. The van der Waals surface area contributed by atoms with E-state index in [1.165, 1.54) is 5.56 Å². The maximum absolute atomic E-state index is 5.50. The molecule has 2 atom stereocenters. The van der Waals surface area contributed by atoms with Crippen molar-refractivity contribution in [3.8, 4) is 5.75 Å². The third-order valence-corrected chi connectivity index (χ3v) is 3.99. The third kappa shape index (κ3) is 4.27. The average Bonchev–Trinajstić information content (AvgIpc) is 3.08. The molecule has 0 aromatic heterocycles. The van der Waals surface area contributed by atoms with Crippen molar-refractivity contribution in [2.45, 2.75) is 51.1 Å². The zero-order valence-corrected chi connectivity index (χ0v) is 16.7. The van der Waals surface area contributed by atoms with Gasteiger partial charge in [0.1, 0.15) is 5.75 Å². The minimum Gasteiger partial charge on any atom is -0.496 e. The first-order chi connectivity index (χ1) is 9.80. The van der Waals surface area contributed by atoms with Crippen LogP contribution in [0.2, 0.25) is 0 Å². The van der Waals surface area contributed by atoms with Gasteiger partial charge in [-0.25, -0.2) is 0 Å². The molecule has 124 valence electrons. The van der Waals surface area contributed by atoms with Crippen LogP contribution in [0.15, 0.2) is 29.3 Å². The van der Waals surface area contributed by atoms with E-state index in [9.17, 15) is 0 Å². The van der Waals surface area contributed by atoms with Crippen molar-refractivity contribution >= 4 is 29.9 Å². The fourth-order valence-electron chi connectivity index (χ4n) is 2.67. The summed E-state index contributed by atoms with van der Waals surface area (Å²) < 4.78 is 5.50. The van der Waals surface area contributed by atoms with E-state index in [1.54, 1.807) is 7.11 Å². The topological polar surface area (TPSA) is 45.7 Å². The molecule has 1 aliphatic carbocycles. The number of hydrogen-bond acceptors (Lipinski definition) is 2. The van der Waals surface area contributed by atoms with E-state index in [0.717, 1.165) is 18.1 Å². The molecule has 0 spiro atoms. The summed E-state index contributed by atoms with van der Waals surface area (Å²) in [5.74, 6) is 1.81. The van der Waals surface area contributed by atoms with Crippen LogP contribution in [0.3, 0.4) is 0 Å². The van der Waals surface area contributed by atoms with Gasteiger partial charge < -0.3 is 15.4 Å². The average molecular weight is 417 g/mol. The van der Waals surface area contributed by atoms with Gasteiger partial charge in [-0.1, -0.05) is 25.1 Å². The standard InChI is InChI=1S/C17H27N3O.HI/c1-16(2,3)20-15(18-5)19-14-11-17(14,4)12-9-7-8-10-13(12)21-6;/h7-10,14H,11H2,1-6H3,(H2,18,19,20);1H. The minimum absolute atomic E-state index is 0. The highest BCUT2D eigenvalue weighted by Crippen LogP contribution is 2.50. The lowest BCUT2D eigenvalue weighted by molar-refractivity contribution is 0.404. The summed E-state index contributed by atoms with van der Waals surface area (Å²) in [6.07, 6.45) is 1.08. The van der Waals surface area contributed by atoms with Crippen LogP contribution in [0.4, 0.5) is 0 Å². The number of methoxy groups -OCH3 is 1. The number of nitrogens with zero attached hydrogens (tertiary/aromatic N) is 1.